The number of allylic oxidation sites excluding steroid dienone is 3. The van der Waals surface area contributed by atoms with Crippen LogP contribution in [0.25, 0.3) is 11.1 Å². The summed E-state index contributed by atoms with van der Waals surface area (Å²) in [4.78, 5) is 14.7. The molecule has 1 unspecified atom stereocenters. The van der Waals surface area contributed by atoms with Crippen LogP contribution in [0.4, 0.5) is 0 Å². The molecule has 0 saturated carbocycles. The minimum atomic E-state index is -0.312. The largest absolute Gasteiger partial charge is 0.440 e. The van der Waals surface area contributed by atoms with Crippen molar-refractivity contribution < 1.29 is 4.42 Å². The van der Waals surface area contributed by atoms with E-state index in [1.165, 1.54) is 0 Å². The van der Waals surface area contributed by atoms with Gasteiger partial charge in [0.2, 0.25) is 5.89 Å². The van der Waals surface area contributed by atoms with E-state index in [0.717, 1.165) is 51.8 Å². The summed E-state index contributed by atoms with van der Waals surface area (Å²) in [5, 5.41) is 3.44. The van der Waals surface area contributed by atoms with Gasteiger partial charge in [-0.25, -0.2) is 15.0 Å². The topological polar surface area (TPSA) is 62.8 Å². The molecule has 1 aliphatic carbocycles. The van der Waals surface area contributed by atoms with Gasteiger partial charge in [-0.3, -0.25) is 0 Å². The van der Waals surface area contributed by atoms with Crippen molar-refractivity contribution in [1.29, 1.82) is 0 Å². The van der Waals surface area contributed by atoms with Gasteiger partial charge in [0.25, 0.3) is 0 Å². The van der Waals surface area contributed by atoms with E-state index in [1.54, 1.807) is 0 Å². The Balaban J connectivity index is 1.35. The molecule has 0 saturated heterocycles. The first-order valence-corrected chi connectivity index (χ1v) is 11.1. The van der Waals surface area contributed by atoms with Crippen LogP contribution in [0.2, 0.25) is 0 Å². The van der Waals surface area contributed by atoms with Gasteiger partial charge in [-0.05, 0) is 24.1 Å². The van der Waals surface area contributed by atoms with Gasteiger partial charge >= 0.3 is 0 Å². The minimum absolute atomic E-state index is 0.0537. The zero-order valence-electron chi connectivity index (χ0n) is 17.9. The van der Waals surface area contributed by atoms with Crippen molar-refractivity contribution in [3.8, 4) is 0 Å². The lowest BCUT2D eigenvalue weighted by atomic mass is 9.92. The van der Waals surface area contributed by atoms with Crippen LogP contribution < -0.4 is 5.32 Å². The molecule has 6 rings (SSSR count). The van der Waals surface area contributed by atoms with E-state index >= 15 is 0 Å². The van der Waals surface area contributed by atoms with Gasteiger partial charge in [0.05, 0.1) is 5.92 Å². The van der Waals surface area contributed by atoms with Gasteiger partial charge in [-0.2, -0.15) is 0 Å². The lowest BCUT2D eigenvalue weighted by Gasteiger charge is -2.25. The highest BCUT2D eigenvalue weighted by molar-refractivity contribution is 6.15. The number of aliphatic imine (C=N–C) groups is 2. The first-order valence-electron chi connectivity index (χ1n) is 11.1. The second-order valence-corrected chi connectivity index (χ2v) is 8.14. The number of amidine groups is 2. The third kappa shape index (κ3) is 3.89. The highest BCUT2D eigenvalue weighted by Crippen LogP contribution is 2.33. The van der Waals surface area contributed by atoms with E-state index in [-0.39, 0.29) is 12.1 Å². The zero-order valence-corrected chi connectivity index (χ0v) is 17.9. The molecule has 2 aliphatic rings. The monoisotopic (exact) mass is 430 g/mol. The molecule has 1 atom stereocenters. The quantitative estimate of drug-likeness (QED) is 0.457. The van der Waals surface area contributed by atoms with Gasteiger partial charge in [0, 0.05) is 11.1 Å². The Morgan fingerprint density at radius 2 is 1.39 bits per heavy atom. The Labute approximate surface area is 191 Å². The Bertz CT molecular complexity index is 1330. The number of benzene rings is 3. The molecule has 3 aromatic carbocycles. The van der Waals surface area contributed by atoms with Crippen molar-refractivity contribution in [1.82, 2.24) is 10.3 Å². The summed E-state index contributed by atoms with van der Waals surface area (Å²) in [5.74, 6) is 2.43. The maximum absolute atomic E-state index is 6.05. The summed E-state index contributed by atoms with van der Waals surface area (Å²) < 4.78 is 6.05. The number of nitrogens with zero attached hydrogens (tertiary/aromatic N) is 3. The minimum Gasteiger partial charge on any atom is -0.440 e. The van der Waals surface area contributed by atoms with E-state index in [9.17, 15) is 0 Å². The van der Waals surface area contributed by atoms with Crippen LogP contribution in [0, 0.1) is 0 Å². The first kappa shape index (κ1) is 19.4. The van der Waals surface area contributed by atoms with Crippen LogP contribution in [-0.2, 0) is 0 Å². The standard InChI is InChI=1S/C28H22N4O/c1-3-10-19(11-4-1)25-30-26(20-12-5-2-6-13-20)32-27(31-25)21-14-9-15-22(18-21)28-29-23-16-7-8-17-24(23)33-28/h1-17,22,27H,18H2,(H,30,31,32). The van der Waals surface area contributed by atoms with Crippen LogP contribution in [0.1, 0.15) is 29.4 Å². The van der Waals surface area contributed by atoms with E-state index in [0.29, 0.717) is 0 Å². The van der Waals surface area contributed by atoms with Crippen LogP contribution in [0.3, 0.4) is 0 Å². The van der Waals surface area contributed by atoms with Gasteiger partial charge in [0.1, 0.15) is 17.2 Å². The lowest BCUT2D eigenvalue weighted by molar-refractivity contribution is 0.496. The van der Waals surface area contributed by atoms with Crippen molar-refractivity contribution in [3.63, 3.8) is 0 Å². The van der Waals surface area contributed by atoms with Crippen LogP contribution in [0.5, 0.6) is 0 Å². The smallest absolute Gasteiger partial charge is 0.202 e. The number of fused-ring (bicyclic) bond motifs is 1. The SMILES string of the molecule is C1=CC(c2nc3ccccc3o2)CC(C2N=C(c3ccccc3)NC(c3ccccc3)=N2)=C1. The Morgan fingerprint density at radius 3 is 2.06 bits per heavy atom. The normalized spacial score (nSPS) is 18.4. The van der Waals surface area contributed by atoms with Crippen molar-refractivity contribution in [3.05, 3.63) is 126 Å². The van der Waals surface area contributed by atoms with Crippen molar-refractivity contribution >= 4 is 22.8 Å². The fourth-order valence-corrected chi connectivity index (χ4v) is 4.21. The molecule has 2 heterocycles. The molecule has 0 bridgehead atoms. The highest BCUT2D eigenvalue weighted by atomic mass is 16.3. The second-order valence-electron chi connectivity index (χ2n) is 8.14. The summed E-state index contributed by atoms with van der Waals surface area (Å²) in [6.45, 7) is 0. The Morgan fingerprint density at radius 1 is 0.758 bits per heavy atom. The fraction of sp³-hybridized carbons (Fsp3) is 0.107. The summed E-state index contributed by atoms with van der Waals surface area (Å²) in [6.07, 6.45) is 6.77. The zero-order chi connectivity index (χ0) is 22.0. The van der Waals surface area contributed by atoms with E-state index in [4.69, 9.17) is 19.4 Å². The molecule has 1 aromatic heterocycles. The van der Waals surface area contributed by atoms with Crippen molar-refractivity contribution in [2.75, 3.05) is 0 Å². The van der Waals surface area contributed by atoms with E-state index < -0.39 is 0 Å². The fourth-order valence-electron chi connectivity index (χ4n) is 4.21. The van der Waals surface area contributed by atoms with Gasteiger partial charge in [-0.15, -0.1) is 0 Å². The molecule has 0 radical (unpaired) electrons. The maximum Gasteiger partial charge on any atom is 0.202 e. The molecule has 1 aliphatic heterocycles. The number of hydrogen-bond acceptors (Lipinski definition) is 5. The lowest BCUT2D eigenvalue weighted by Crippen LogP contribution is -2.38. The molecule has 5 heteroatoms. The van der Waals surface area contributed by atoms with Gasteiger partial charge in [-0.1, -0.05) is 91.0 Å². The Kier molecular flexibility index (Phi) is 4.92. The number of para-hydroxylation sites is 2. The average Bonchev–Trinajstić information content (AvgIpc) is 3.34. The van der Waals surface area contributed by atoms with Crippen LogP contribution in [0.15, 0.2) is 123 Å². The summed E-state index contributed by atoms with van der Waals surface area (Å²) >= 11 is 0. The molecule has 5 nitrogen and oxygen atoms in total. The maximum atomic E-state index is 6.05. The third-order valence-corrected chi connectivity index (χ3v) is 5.90. The summed E-state index contributed by atoms with van der Waals surface area (Å²) in [7, 11) is 0. The predicted octanol–water partition coefficient (Wildman–Crippen LogP) is 5.62. The van der Waals surface area contributed by atoms with E-state index in [2.05, 4.69) is 47.8 Å². The molecule has 4 aromatic rings. The van der Waals surface area contributed by atoms with Crippen molar-refractivity contribution in [2.45, 2.75) is 18.5 Å². The van der Waals surface area contributed by atoms with Crippen LogP contribution in [-0.4, -0.2) is 22.8 Å². The molecule has 160 valence electrons. The molecule has 33 heavy (non-hydrogen) atoms. The first-order chi connectivity index (χ1) is 16.3. The van der Waals surface area contributed by atoms with Gasteiger partial charge < -0.3 is 9.73 Å². The summed E-state index contributed by atoms with van der Waals surface area (Å²) in [5.41, 5.74) is 4.90. The molecule has 1 N–H and O–H groups in total. The third-order valence-electron chi connectivity index (χ3n) is 5.90. The number of oxazole rings is 1. The number of rotatable bonds is 4. The average molecular weight is 431 g/mol. The highest BCUT2D eigenvalue weighted by Gasteiger charge is 2.27. The van der Waals surface area contributed by atoms with Crippen LogP contribution >= 0.6 is 0 Å². The molecule has 0 amide bonds. The molecule has 0 spiro atoms. The summed E-state index contributed by atoms with van der Waals surface area (Å²) in [6, 6.07) is 28.2. The van der Waals surface area contributed by atoms with Crippen molar-refractivity contribution in [2.24, 2.45) is 9.98 Å². The number of nitrogens with one attached hydrogen (secondary N) is 1. The molecule has 0 fully saturated rings. The Hall–Kier alpha value is -4.25. The second kappa shape index (κ2) is 8.36. The van der Waals surface area contributed by atoms with E-state index in [1.807, 2.05) is 60.7 Å². The number of hydrogen-bond donors (Lipinski definition) is 1. The molecular formula is C28H22N4O. The predicted molar refractivity (Wildman–Crippen MR) is 131 cm³/mol. The number of aromatic nitrogens is 1. The van der Waals surface area contributed by atoms with Gasteiger partial charge in [0.15, 0.2) is 11.7 Å². The molecular weight excluding hydrogens is 408 g/mol.